The first-order chi connectivity index (χ1) is 13.4. The minimum Gasteiger partial charge on any atom is -0.452 e. The third-order valence-corrected chi connectivity index (χ3v) is 6.55. The first-order valence-electron chi connectivity index (χ1n) is 10.1. The van der Waals surface area contributed by atoms with Gasteiger partial charge in [0.05, 0.1) is 11.4 Å². The van der Waals surface area contributed by atoms with E-state index in [-0.39, 0.29) is 5.41 Å². The van der Waals surface area contributed by atoms with Crippen molar-refractivity contribution in [3.8, 4) is 11.5 Å². The second kappa shape index (κ2) is 6.41. The molecule has 28 heavy (non-hydrogen) atoms. The highest BCUT2D eigenvalue weighted by atomic mass is 16.5. The van der Waals surface area contributed by atoms with Crippen LogP contribution in [-0.2, 0) is 5.41 Å². The lowest BCUT2D eigenvalue weighted by Gasteiger charge is -2.34. The molecule has 0 bridgehead atoms. The molecule has 1 aliphatic heterocycles. The Morgan fingerprint density at radius 2 is 1.79 bits per heavy atom. The van der Waals surface area contributed by atoms with Crippen LogP contribution in [0.5, 0.6) is 11.5 Å². The molecule has 2 aliphatic rings. The molecule has 4 rings (SSSR count). The molecule has 1 atom stereocenters. The predicted molar refractivity (Wildman–Crippen MR) is 120 cm³/mol. The summed E-state index contributed by atoms with van der Waals surface area (Å²) in [6, 6.07) is 10.9. The van der Waals surface area contributed by atoms with Crippen LogP contribution >= 0.6 is 0 Å². The monoisotopic (exact) mass is 371 g/mol. The zero-order chi connectivity index (χ0) is 20.2. The van der Waals surface area contributed by atoms with Crippen LogP contribution in [-0.4, -0.2) is 7.05 Å². The third-order valence-electron chi connectivity index (χ3n) is 6.55. The Morgan fingerprint density at radius 1 is 1.07 bits per heavy atom. The summed E-state index contributed by atoms with van der Waals surface area (Å²) in [5.74, 6) is 2.35. The molecular weight excluding hydrogens is 342 g/mol. The van der Waals surface area contributed by atoms with E-state index in [2.05, 4.69) is 83.1 Å². The maximum atomic E-state index is 6.71. The number of hydrogen-bond acceptors (Lipinski definition) is 2. The van der Waals surface area contributed by atoms with Crippen molar-refractivity contribution in [1.82, 2.24) is 0 Å². The van der Waals surface area contributed by atoms with Crippen LogP contribution in [0.25, 0.3) is 5.57 Å². The quantitative estimate of drug-likeness (QED) is 0.552. The smallest absolute Gasteiger partial charge is 0.159 e. The number of nitrogens with zero attached hydrogens (tertiary/aromatic N) is 1. The molecule has 2 nitrogen and oxygen atoms in total. The van der Waals surface area contributed by atoms with Gasteiger partial charge in [0.1, 0.15) is 0 Å². The van der Waals surface area contributed by atoms with Gasteiger partial charge in [0.25, 0.3) is 0 Å². The highest BCUT2D eigenvalue weighted by Crippen LogP contribution is 2.57. The van der Waals surface area contributed by atoms with E-state index >= 15 is 0 Å². The molecule has 0 radical (unpaired) electrons. The number of anilines is 2. The van der Waals surface area contributed by atoms with Crippen molar-refractivity contribution in [2.24, 2.45) is 0 Å². The minimum atomic E-state index is -0.117. The standard InChI is InChI=1S/C26H29NO/c1-8-16(4)18-12-11-13-21-24(18)28-25-22(27(21)7)15-14-20-23(25)17(9-2)19(10-3)26(20,5)6/h9-16H,2-3,8H2,1,4-7H3. The van der Waals surface area contributed by atoms with E-state index in [1.54, 1.807) is 0 Å². The Hall–Kier alpha value is -2.74. The van der Waals surface area contributed by atoms with Gasteiger partial charge >= 0.3 is 0 Å². The van der Waals surface area contributed by atoms with Gasteiger partial charge in [-0.2, -0.15) is 0 Å². The fourth-order valence-electron chi connectivity index (χ4n) is 4.68. The van der Waals surface area contributed by atoms with Crippen molar-refractivity contribution < 1.29 is 4.74 Å². The third kappa shape index (κ3) is 2.33. The first-order valence-corrected chi connectivity index (χ1v) is 10.1. The minimum absolute atomic E-state index is 0.117. The van der Waals surface area contributed by atoms with E-state index in [0.717, 1.165) is 40.4 Å². The van der Waals surface area contributed by atoms with Crippen LogP contribution in [0, 0.1) is 0 Å². The Bertz CT molecular complexity index is 1020. The molecule has 0 saturated carbocycles. The summed E-state index contributed by atoms with van der Waals surface area (Å²) in [6.07, 6.45) is 4.99. The maximum Gasteiger partial charge on any atom is 0.159 e. The molecule has 0 aromatic heterocycles. The molecule has 0 fully saturated rings. The normalized spacial score (nSPS) is 17.4. The number of rotatable bonds is 4. The van der Waals surface area contributed by atoms with Crippen molar-refractivity contribution in [1.29, 1.82) is 0 Å². The van der Waals surface area contributed by atoms with Crippen LogP contribution in [0.1, 0.15) is 56.7 Å². The van der Waals surface area contributed by atoms with Crippen molar-refractivity contribution >= 4 is 16.9 Å². The number of benzene rings is 2. The first kappa shape index (κ1) is 18.6. The van der Waals surface area contributed by atoms with E-state index in [1.807, 2.05) is 12.2 Å². The number of hydrogen-bond donors (Lipinski definition) is 0. The van der Waals surface area contributed by atoms with Crippen LogP contribution in [0.3, 0.4) is 0 Å². The van der Waals surface area contributed by atoms with E-state index in [4.69, 9.17) is 4.74 Å². The number of allylic oxidation sites excluding steroid dienone is 4. The summed E-state index contributed by atoms with van der Waals surface area (Å²) >= 11 is 0. The summed E-state index contributed by atoms with van der Waals surface area (Å²) < 4.78 is 6.71. The Balaban J connectivity index is 2.00. The lowest BCUT2D eigenvalue weighted by molar-refractivity contribution is 0.461. The lowest BCUT2D eigenvalue weighted by Crippen LogP contribution is -2.20. The molecule has 2 heteroatoms. The molecule has 0 amide bonds. The van der Waals surface area contributed by atoms with Crippen LogP contribution < -0.4 is 9.64 Å². The molecule has 144 valence electrons. The zero-order valence-electron chi connectivity index (χ0n) is 17.6. The molecule has 1 unspecified atom stereocenters. The van der Waals surface area contributed by atoms with Crippen molar-refractivity contribution in [2.45, 2.75) is 45.4 Å². The van der Waals surface area contributed by atoms with Gasteiger partial charge in [-0.15, -0.1) is 0 Å². The summed E-state index contributed by atoms with van der Waals surface area (Å²) in [5, 5.41) is 0. The van der Waals surface area contributed by atoms with Gasteiger partial charge in [-0.3, -0.25) is 0 Å². The van der Waals surface area contributed by atoms with Crippen LogP contribution in [0.2, 0.25) is 0 Å². The maximum absolute atomic E-state index is 6.71. The largest absolute Gasteiger partial charge is 0.452 e. The zero-order valence-corrected chi connectivity index (χ0v) is 17.6. The van der Waals surface area contributed by atoms with Crippen LogP contribution in [0.15, 0.2) is 61.2 Å². The van der Waals surface area contributed by atoms with Crippen molar-refractivity contribution in [3.63, 3.8) is 0 Å². The van der Waals surface area contributed by atoms with E-state index in [9.17, 15) is 0 Å². The van der Waals surface area contributed by atoms with E-state index in [1.165, 1.54) is 16.7 Å². The summed E-state index contributed by atoms with van der Waals surface area (Å²) in [7, 11) is 2.12. The molecule has 2 aromatic rings. The second-order valence-corrected chi connectivity index (χ2v) is 8.36. The van der Waals surface area contributed by atoms with Gasteiger partial charge < -0.3 is 9.64 Å². The van der Waals surface area contributed by atoms with Crippen molar-refractivity contribution in [2.75, 3.05) is 11.9 Å². The average Bonchev–Trinajstić information content (AvgIpc) is 2.93. The van der Waals surface area contributed by atoms with Crippen LogP contribution in [0.4, 0.5) is 11.4 Å². The number of ether oxygens (including phenoxy) is 1. The van der Waals surface area contributed by atoms with Crippen molar-refractivity contribution in [3.05, 3.63) is 77.9 Å². The Kier molecular flexibility index (Phi) is 4.26. The molecule has 1 aliphatic carbocycles. The second-order valence-electron chi connectivity index (χ2n) is 8.36. The Morgan fingerprint density at radius 3 is 2.43 bits per heavy atom. The van der Waals surface area contributed by atoms with E-state index in [0.29, 0.717) is 5.92 Å². The predicted octanol–water partition coefficient (Wildman–Crippen LogP) is 7.49. The molecule has 0 N–H and O–H groups in total. The molecule has 0 saturated heterocycles. The topological polar surface area (TPSA) is 12.5 Å². The van der Waals surface area contributed by atoms with Gasteiger partial charge in [-0.1, -0.05) is 71.2 Å². The highest BCUT2D eigenvalue weighted by molar-refractivity contribution is 5.95. The summed E-state index contributed by atoms with van der Waals surface area (Å²) in [6.45, 7) is 17.2. The molecule has 1 heterocycles. The molecule has 2 aromatic carbocycles. The SMILES string of the molecule is C=CC1=C(C=C)C(C)(C)c2ccc3c(c21)Oc1c(C(C)CC)cccc1N3C. The van der Waals surface area contributed by atoms with Gasteiger partial charge in [0.15, 0.2) is 11.5 Å². The fourth-order valence-corrected chi connectivity index (χ4v) is 4.68. The fraction of sp³-hybridized carbons (Fsp3) is 0.308. The van der Waals surface area contributed by atoms with E-state index < -0.39 is 0 Å². The lowest BCUT2D eigenvalue weighted by atomic mass is 9.81. The van der Waals surface area contributed by atoms with Gasteiger partial charge in [0, 0.05) is 18.0 Å². The van der Waals surface area contributed by atoms with Gasteiger partial charge in [0.2, 0.25) is 0 Å². The van der Waals surface area contributed by atoms with Gasteiger partial charge in [-0.05, 0) is 46.7 Å². The van der Waals surface area contributed by atoms with Gasteiger partial charge in [-0.25, -0.2) is 0 Å². The average molecular weight is 372 g/mol. The number of para-hydroxylation sites is 1. The summed E-state index contributed by atoms with van der Waals surface area (Å²) in [4.78, 5) is 2.25. The summed E-state index contributed by atoms with van der Waals surface area (Å²) in [5.41, 5.74) is 8.12. The molecule has 0 spiro atoms. The Labute approximate surface area is 168 Å². The molecular formula is C26H29NO. The number of fused-ring (bicyclic) bond motifs is 4. The highest BCUT2D eigenvalue weighted by Gasteiger charge is 2.40.